The van der Waals surface area contributed by atoms with Gasteiger partial charge in [-0.25, -0.2) is 13.9 Å². The zero-order chi connectivity index (χ0) is 16.4. The first-order valence-corrected chi connectivity index (χ1v) is 6.70. The van der Waals surface area contributed by atoms with Crippen molar-refractivity contribution in [2.45, 2.75) is 0 Å². The molecule has 0 saturated carbocycles. The number of rotatable bonds is 4. The molecular weight excluding hydrogens is 301 g/mol. The highest BCUT2D eigenvalue weighted by Gasteiger charge is 2.23. The van der Waals surface area contributed by atoms with Crippen LogP contribution in [0.1, 0.15) is 10.5 Å². The Kier molecular flexibility index (Phi) is 3.76. The van der Waals surface area contributed by atoms with Crippen molar-refractivity contribution in [3.63, 3.8) is 0 Å². The fourth-order valence-corrected chi connectivity index (χ4v) is 2.29. The van der Waals surface area contributed by atoms with Crippen LogP contribution in [0.2, 0.25) is 0 Å². The van der Waals surface area contributed by atoms with Crippen molar-refractivity contribution < 1.29 is 19.0 Å². The summed E-state index contributed by atoms with van der Waals surface area (Å²) in [6.07, 6.45) is 0. The standard InChI is InChI=1S/C16H12FN3O3/c1-23-13-8-3-2-7-12(13)20-15(14(16(21)22)18-19-20)10-5-4-6-11(17)9-10/h2-9H,1H3,(H,21,22). The van der Waals surface area contributed by atoms with Crippen molar-refractivity contribution in [1.82, 2.24) is 15.0 Å². The van der Waals surface area contributed by atoms with Gasteiger partial charge in [0.15, 0.2) is 5.69 Å². The molecule has 3 rings (SSSR count). The Hall–Kier alpha value is -3.22. The zero-order valence-corrected chi connectivity index (χ0v) is 12.1. The lowest BCUT2D eigenvalue weighted by molar-refractivity contribution is 0.0691. The van der Waals surface area contributed by atoms with Crippen LogP contribution < -0.4 is 4.74 Å². The van der Waals surface area contributed by atoms with Gasteiger partial charge in [0.05, 0.1) is 7.11 Å². The van der Waals surface area contributed by atoms with Crippen molar-refractivity contribution in [3.05, 3.63) is 60.0 Å². The number of methoxy groups -OCH3 is 1. The molecule has 0 aliphatic carbocycles. The van der Waals surface area contributed by atoms with Crippen LogP contribution in [0, 0.1) is 5.82 Å². The first-order chi connectivity index (χ1) is 11.1. The van der Waals surface area contributed by atoms with E-state index in [1.807, 2.05) is 0 Å². The number of hydrogen-bond acceptors (Lipinski definition) is 4. The van der Waals surface area contributed by atoms with Gasteiger partial charge in [-0.2, -0.15) is 0 Å². The minimum Gasteiger partial charge on any atom is -0.494 e. The Morgan fingerprint density at radius 1 is 1.22 bits per heavy atom. The molecule has 2 aromatic carbocycles. The molecule has 3 aromatic rings. The van der Waals surface area contributed by atoms with E-state index in [-0.39, 0.29) is 11.4 Å². The van der Waals surface area contributed by atoms with E-state index in [1.165, 1.54) is 30.0 Å². The van der Waals surface area contributed by atoms with Crippen LogP contribution in [0.5, 0.6) is 5.75 Å². The third-order valence-electron chi connectivity index (χ3n) is 3.28. The van der Waals surface area contributed by atoms with Crippen LogP contribution in [-0.4, -0.2) is 33.2 Å². The van der Waals surface area contributed by atoms with Gasteiger partial charge in [0.1, 0.15) is 22.9 Å². The van der Waals surface area contributed by atoms with E-state index < -0.39 is 11.8 Å². The second-order valence-electron chi connectivity index (χ2n) is 4.69. The van der Waals surface area contributed by atoms with Gasteiger partial charge in [-0.15, -0.1) is 5.10 Å². The third-order valence-corrected chi connectivity index (χ3v) is 3.28. The van der Waals surface area contributed by atoms with Crippen molar-refractivity contribution >= 4 is 5.97 Å². The van der Waals surface area contributed by atoms with Crippen LogP contribution in [0.15, 0.2) is 48.5 Å². The van der Waals surface area contributed by atoms with Gasteiger partial charge in [-0.3, -0.25) is 0 Å². The lowest BCUT2D eigenvalue weighted by Gasteiger charge is -2.11. The van der Waals surface area contributed by atoms with Crippen LogP contribution in [-0.2, 0) is 0 Å². The SMILES string of the molecule is COc1ccccc1-n1nnc(C(=O)O)c1-c1cccc(F)c1. The minimum atomic E-state index is -1.24. The number of para-hydroxylation sites is 2. The third kappa shape index (κ3) is 2.64. The fraction of sp³-hybridized carbons (Fsp3) is 0.0625. The minimum absolute atomic E-state index is 0.182. The van der Waals surface area contributed by atoms with E-state index in [9.17, 15) is 14.3 Å². The number of halogens is 1. The van der Waals surface area contributed by atoms with E-state index in [1.54, 1.807) is 30.3 Å². The summed E-state index contributed by atoms with van der Waals surface area (Å²) in [5.41, 5.74) is 0.788. The molecule has 0 saturated heterocycles. The molecule has 0 bridgehead atoms. The number of aromatic nitrogens is 3. The van der Waals surface area contributed by atoms with Crippen molar-refractivity contribution in [2.75, 3.05) is 7.11 Å². The summed E-state index contributed by atoms with van der Waals surface area (Å²) in [4.78, 5) is 11.4. The van der Waals surface area contributed by atoms with Crippen molar-refractivity contribution in [3.8, 4) is 22.7 Å². The average molecular weight is 313 g/mol. The molecule has 7 heteroatoms. The van der Waals surface area contributed by atoms with Gasteiger partial charge in [-0.1, -0.05) is 29.5 Å². The monoisotopic (exact) mass is 313 g/mol. The molecule has 0 fully saturated rings. The summed E-state index contributed by atoms with van der Waals surface area (Å²) < 4.78 is 20.2. The molecular formula is C16H12FN3O3. The quantitative estimate of drug-likeness (QED) is 0.801. The number of ether oxygens (including phenoxy) is 1. The Morgan fingerprint density at radius 2 is 2.00 bits per heavy atom. The van der Waals surface area contributed by atoms with E-state index in [2.05, 4.69) is 10.3 Å². The Balaban J connectivity index is 2.29. The molecule has 0 amide bonds. The highest BCUT2D eigenvalue weighted by atomic mass is 19.1. The fourth-order valence-electron chi connectivity index (χ4n) is 2.29. The molecule has 0 aliphatic rings. The Labute approximate surface area is 130 Å². The maximum absolute atomic E-state index is 13.5. The lowest BCUT2D eigenvalue weighted by Crippen LogP contribution is -2.04. The van der Waals surface area contributed by atoms with E-state index in [0.717, 1.165) is 0 Å². The summed E-state index contributed by atoms with van der Waals surface area (Å²) in [6.45, 7) is 0. The predicted molar refractivity (Wildman–Crippen MR) is 80.3 cm³/mol. The smallest absolute Gasteiger partial charge is 0.358 e. The van der Waals surface area contributed by atoms with Gasteiger partial charge >= 0.3 is 5.97 Å². The van der Waals surface area contributed by atoms with Gasteiger partial charge in [0, 0.05) is 5.56 Å². The van der Waals surface area contributed by atoms with E-state index in [4.69, 9.17) is 4.74 Å². The number of hydrogen-bond donors (Lipinski definition) is 1. The Morgan fingerprint density at radius 3 is 2.70 bits per heavy atom. The second-order valence-corrected chi connectivity index (χ2v) is 4.69. The molecule has 116 valence electrons. The highest BCUT2D eigenvalue weighted by molar-refractivity contribution is 5.93. The van der Waals surface area contributed by atoms with Crippen LogP contribution in [0.4, 0.5) is 4.39 Å². The number of nitrogens with zero attached hydrogens (tertiary/aromatic N) is 3. The van der Waals surface area contributed by atoms with Gasteiger partial charge in [0.2, 0.25) is 0 Å². The zero-order valence-electron chi connectivity index (χ0n) is 12.1. The average Bonchev–Trinajstić information content (AvgIpc) is 2.99. The lowest BCUT2D eigenvalue weighted by atomic mass is 10.1. The topological polar surface area (TPSA) is 77.2 Å². The predicted octanol–water partition coefficient (Wildman–Crippen LogP) is 2.78. The molecule has 1 aromatic heterocycles. The van der Waals surface area contributed by atoms with E-state index >= 15 is 0 Å². The van der Waals surface area contributed by atoms with Crippen molar-refractivity contribution in [1.29, 1.82) is 0 Å². The molecule has 0 spiro atoms. The Bertz CT molecular complexity index is 877. The molecule has 1 N–H and O–H groups in total. The molecule has 0 radical (unpaired) electrons. The first kappa shape index (κ1) is 14.7. The highest BCUT2D eigenvalue weighted by Crippen LogP contribution is 2.30. The summed E-state index contributed by atoms with van der Waals surface area (Å²) >= 11 is 0. The number of aromatic carboxylic acids is 1. The summed E-state index contributed by atoms with van der Waals surface area (Å²) in [5.74, 6) is -1.23. The number of benzene rings is 2. The first-order valence-electron chi connectivity index (χ1n) is 6.70. The van der Waals surface area contributed by atoms with Gasteiger partial charge in [-0.05, 0) is 24.3 Å². The number of carboxylic acids is 1. The summed E-state index contributed by atoms with van der Waals surface area (Å²) in [5, 5.41) is 17.0. The van der Waals surface area contributed by atoms with Gasteiger partial charge in [0.25, 0.3) is 0 Å². The molecule has 0 atom stereocenters. The molecule has 6 nitrogen and oxygen atoms in total. The largest absolute Gasteiger partial charge is 0.494 e. The van der Waals surface area contributed by atoms with Gasteiger partial charge < -0.3 is 9.84 Å². The molecule has 1 heterocycles. The van der Waals surface area contributed by atoms with Crippen LogP contribution >= 0.6 is 0 Å². The normalized spacial score (nSPS) is 10.5. The maximum Gasteiger partial charge on any atom is 0.358 e. The maximum atomic E-state index is 13.5. The van der Waals surface area contributed by atoms with Crippen LogP contribution in [0.25, 0.3) is 16.9 Å². The van der Waals surface area contributed by atoms with Crippen LogP contribution in [0.3, 0.4) is 0 Å². The number of carboxylic acid groups (broad SMARTS) is 1. The summed E-state index contributed by atoms with van der Waals surface area (Å²) in [6, 6.07) is 12.6. The number of carbonyl (C=O) groups is 1. The summed E-state index contributed by atoms with van der Waals surface area (Å²) in [7, 11) is 1.50. The van der Waals surface area contributed by atoms with E-state index in [0.29, 0.717) is 17.0 Å². The molecule has 23 heavy (non-hydrogen) atoms. The molecule has 0 unspecified atom stereocenters. The molecule has 0 aliphatic heterocycles. The van der Waals surface area contributed by atoms with Crippen molar-refractivity contribution in [2.24, 2.45) is 0 Å². The second kappa shape index (κ2) is 5.88.